The smallest absolute Gasteiger partial charge is 0.102 e. The third-order valence-corrected chi connectivity index (χ3v) is 3.37. The Bertz CT molecular complexity index is 161. The highest BCUT2D eigenvalue weighted by Gasteiger charge is 2.31. The van der Waals surface area contributed by atoms with Crippen molar-refractivity contribution >= 4 is 0 Å². The molecule has 0 aromatic rings. The molecule has 0 radical (unpaired) electrons. The monoisotopic (exact) mass is 186 g/mol. The van der Waals surface area contributed by atoms with Crippen molar-refractivity contribution in [3.63, 3.8) is 0 Å². The second-order valence-electron chi connectivity index (χ2n) is 4.24. The number of hydrogen-bond donors (Lipinski definition) is 1. The summed E-state index contributed by atoms with van der Waals surface area (Å²) in [5, 5.41) is 3.33. The molecule has 2 aliphatic heterocycles. The maximum Gasteiger partial charge on any atom is 0.102 e. The second-order valence-corrected chi connectivity index (χ2v) is 4.24. The molecule has 2 nitrogen and oxygen atoms in total. The minimum Gasteiger partial charge on any atom is -0.311 e. The van der Waals surface area contributed by atoms with Gasteiger partial charge in [0.05, 0.1) is 0 Å². The first-order valence-corrected chi connectivity index (χ1v) is 5.42. The minimum absolute atomic E-state index is 0.229. The number of nitrogens with one attached hydrogen (secondary N) is 1. The predicted molar refractivity (Wildman–Crippen MR) is 51.5 cm³/mol. The molecule has 2 heterocycles. The van der Waals surface area contributed by atoms with Gasteiger partial charge < -0.3 is 10.2 Å². The fourth-order valence-corrected chi connectivity index (χ4v) is 2.69. The van der Waals surface area contributed by atoms with Gasteiger partial charge in [0, 0.05) is 19.1 Å². The van der Waals surface area contributed by atoms with E-state index in [1.54, 1.807) is 0 Å². The zero-order chi connectivity index (χ0) is 9.10. The lowest BCUT2D eigenvalue weighted by atomic mass is 9.85. The van der Waals surface area contributed by atoms with E-state index < -0.39 is 0 Å². The van der Waals surface area contributed by atoms with Crippen LogP contribution in [-0.2, 0) is 0 Å². The standard InChI is InChI=1S/C10H19FN2/c11-4-5-12-10-3-7-13-6-1-2-9(10)8-13/h9-10,12H,1-8H2. The van der Waals surface area contributed by atoms with Crippen molar-refractivity contribution in [2.45, 2.75) is 25.3 Å². The Labute approximate surface area is 79.5 Å². The zero-order valence-electron chi connectivity index (χ0n) is 8.14. The maximum atomic E-state index is 12.0. The summed E-state index contributed by atoms with van der Waals surface area (Å²) in [7, 11) is 0. The molecule has 3 heteroatoms. The predicted octanol–water partition coefficient (Wildman–Crippen LogP) is 1.03. The maximum absolute atomic E-state index is 12.0. The summed E-state index contributed by atoms with van der Waals surface area (Å²) in [6, 6.07) is 0.590. The van der Waals surface area contributed by atoms with Crippen molar-refractivity contribution < 1.29 is 4.39 Å². The molecule has 2 aliphatic rings. The molecule has 2 rings (SSSR count). The van der Waals surface area contributed by atoms with Crippen LogP contribution in [0.2, 0.25) is 0 Å². The highest BCUT2D eigenvalue weighted by molar-refractivity contribution is 4.88. The number of hydrogen-bond acceptors (Lipinski definition) is 2. The molecular formula is C10H19FN2. The Hall–Kier alpha value is -0.150. The first-order chi connectivity index (χ1) is 6.40. The molecule has 0 aromatic carbocycles. The van der Waals surface area contributed by atoms with Gasteiger partial charge in [0.1, 0.15) is 6.67 Å². The minimum atomic E-state index is -0.229. The Morgan fingerprint density at radius 2 is 2.23 bits per heavy atom. The Balaban J connectivity index is 1.83. The van der Waals surface area contributed by atoms with Crippen LogP contribution < -0.4 is 5.32 Å². The first-order valence-electron chi connectivity index (χ1n) is 5.42. The van der Waals surface area contributed by atoms with Crippen molar-refractivity contribution in [3.8, 4) is 0 Å². The van der Waals surface area contributed by atoms with Crippen molar-refractivity contribution in [2.24, 2.45) is 5.92 Å². The third-order valence-electron chi connectivity index (χ3n) is 3.37. The van der Waals surface area contributed by atoms with E-state index >= 15 is 0 Å². The Morgan fingerprint density at radius 1 is 1.31 bits per heavy atom. The normalized spacial score (nSPS) is 39.0. The number of alkyl halides is 1. The van der Waals surface area contributed by atoms with Crippen molar-refractivity contribution in [2.75, 3.05) is 32.9 Å². The highest BCUT2D eigenvalue weighted by atomic mass is 19.1. The fraction of sp³-hybridized carbons (Fsp3) is 1.00. The van der Waals surface area contributed by atoms with Crippen LogP contribution >= 0.6 is 0 Å². The molecule has 0 aromatic heterocycles. The lowest BCUT2D eigenvalue weighted by molar-refractivity contribution is 0.0915. The lowest BCUT2D eigenvalue weighted by Gasteiger charge is -2.42. The van der Waals surface area contributed by atoms with Gasteiger partial charge in [0.2, 0.25) is 0 Å². The van der Waals surface area contributed by atoms with E-state index in [0.717, 1.165) is 5.92 Å². The molecule has 2 fully saturated rings. The zero-order valence-corrected chi connectivity index (χ0v) is 8.14. The van der Waals surface area contributed by atoms with Gasteiger partial charge in [0.25, 0.3) is 0 Å². The van der Waals surface area contributed by atoms with Crippen LogP contribution in [0, 0.1) is 5.92 Å². The first kappa shape index (κ1) is 9.41. The largest absolute Gasteiger partial charge is 0.311 e. The summed E-state index contributed by atoms with van der Waals surface area (Å²) in [5.41, 5.74) is 0. The lowest BCUT2D eigenvalue weighted by Crippen LogP contribution is -2.52. The number of rotatable bonds is 3. The topological polar surface area (TPSA) is 15.3 Å². The summed E-state index contributed by atoms with van der Waals surface area (Å²) in [4.78, 5) is 2.54. The molecule has 0 spiro atoms. The van der Waals surface area contributed by atoms with Gasteiger partial charge in [-0.05, 0) is 38.3 Å². The molecule has 0 saturated carbocycles. The SMILES string of the molecule is FCCNC1CCN2CCCC1C2. The van der Waals surface area contributed by atoms with Crippen LogP contribution in [0.25, 0.3) is 0 Å². The number of fused-ring (bicyclic) bond motifs is 2. The van der Waals surface area contributed by atoms with Crippen LogP contribution in [-0.4, -0.2) is 43.8 Å². The van der Waals surface area contributed by atoms with E-state index in [2.05, 4.69) is 10.2 Å². The van der Waals surface area contributed by atoms with E-state index in [0.29, 0.717) is 12.6 Å². The van der Waals surface area contributed by atoms with Crippen molar-refractivity contribution in [3.05, 3.63) is 0 Å². The molecule has 13 heavy (non-hydrogen) atoms. The van der Waals surface area contributed by atoms with Gasteiger partial charge in [-0.3, -0.25) is 0 Å². The number of halogens is 1. The average molecular weight is 186 g/mol. The summed E-state index contributed by atoms with van der Waals surface area (Å²) in [5.74, 6) is 0.786. The average Bonchev–Trinajstić information content (AvgIpc) is 2.18. The van der Waals surface area contributed by atoms with Crippen LogP contribution in [0.5, 0.6) is 0 Å². The van der Waals surface area contributed by atoms with Crippen molar-refractivity contribution in [1.82, 2.24) is 10.2 Å². The van der Waals surface area contributed by atoms with Crippen LogP contribution in [0.1, 0.15) is 19.3 Å². The van der Waals surface area contributed by atoms with Gasteiger partial charge >= 0.3 is 0 Å². The molecule has 0 aliphatic carbocycles. The van der Waals surface area contributed by atoms with Gasteiger partial charge in [-0.15, -0.1) is 0 Å². The molecule has 2 bridgehead atoms. The summed E-state index contributed by atoms with van der Waals surface area (Å²) >= 11 is 0. The van der Waals surface area contributed by atoms with E-state index in [1.165, 1.54) is 38.9 Å². The van der Waals surface area contributed by atoms with Gasteiger partial charge in [0.15, 0.2) is 0 Å². The van der Waals surface area contributed by atoms with Crippen LogP contribution in [0.3, 0.4) is 0 Å². The Kier molecular flexibility index (Phi) is 3.17. The fourth-order valence-electron chi connectivity index (χ4n) is 2.69. The molecule has 1 N–H and O–H groups in total. The van der Waals surface area contributed by atoms with E-state index in [-0.39, 0.29) is 6.67 Å². The second kappa shape index (κ2) is 4.38. The third kappa shape index (κ3) is 2.20. The van der Waals surface area contributed by atoms with E-state index in [9.17, 15) is 4.39 Å². The van der Waals surface area contributed by atoms with E-state index in [1.807, 2.05) is 0 Å². The summed E-state index contributed by atoms with van der Waals surface area (Å²) < 4.78 is 12.0. The van der Waals surface area contributed by atoms with Gasteiger partial charge in [-0.1, -0.05) is 0 Å². The quantitative estimate of drug-likeness (QED) is 0.708. The molecule has 2 saturated heterocycles. The summed E-state index contributed by atoms with van der Waals surface area (Å²) in [6.45, 7) is 4.05. The molecule has 76 valence electrons. The van der Waals surface area contributed by atoms with Gasteiger partial charge in [-0.25, -0.2) is 4.39 Å². The molecule has 3 unspecified atom stereocenters. The van der Waals surface area contributed by atoms with Crippen LogP contribution in [0.15, 0.2) is 0 Å². The number of piperidine rings is 2. The Morgan fingerprint density at radius 3 is 3.08 bits per heavy atom. The van der Waals surface area contributed by atoms with Crippen molar-refractivity contribution in [1.29, 1.82) is 0 Å². The highest BCUT2D eigenvalue weighted by Crippen LogP contribution is 2.26. The van der Waals surface area contributed by atoms with Crippen LogP contribution in [0.4, 0.5) is 4.39 Å². The summed E-state index contributed by atoms with van der Waals surface area (Å²) in [6.07, 6.45) is 3.88. The molecular weight excluding hydrogens is 167 g/mol. The van der Waals surface area contributed by atoms with Gasteiger partial charge in [-0.2, -0.15) is 0 Å². The molecule has 0 amide bonds. The number of nitrogens with zero attached hydrogens (tertiary/aromatic N) is 1. The van der Waals surface area contributed by atoms with E-state index in [4.69, 9.17) is 0 Å². The molecule has 3 atom stereocenters.